The fraction of sp³-hybridized carbons (Fsp3) is 0.667. The van der Waals surface area contributed by atoms with Crippen molar-refractivity contribution in [3.8, 4) is 0 Å². The van der Waals surface area contributed by atoms with Crippen LogP contribution in [0.15, 0.2) is 23.8 Å². The van der Waals surface area contributed by atoms with Crippen molar-refractivity contribution in [2.24, 2.45) is 5.92 Å². The molecule has 1 rings (SSSR count). The maximum atomic E-state index is 12.0. The number of aliphatic hydroxyl groups excluding tert-OH is 1. The first-order chi connectivity index (χ1) is 7.94. The van der Waals surface area contributed by atoms with E-state index in [0.717, 1.165) is 24.0 Å². The highest BCUT2D eigenvalue weighted by Gasteiger charge is 2.36. The van der Waals surface area contributed by atoms with Gasteiger partial charge in [0.25, 0.3) is 0 Å². The molecule has 0 spiro atoms. The van der Waals surface area contributed by atoms with Gasteiger partial charge < -0.3 is 14.2 Å². The Morgan fingerprint density at radius 2 is 2.18 bits per heavy atom. The van der Waals surface area contributed by atoms with Crippen LogP contribution in [-0.2, 0) is 13.6 Å². The van der Waals surface area contributed by atoms with Gasteiger partial charge in [0.1, 0.15) is 0 Å². The van der Waals surface area contributed by atoms with Gasteiger partial charge >= 0.3 is 7.60 Å². The third-order valence-corrected chi connectivity index (χ3v) is 5.23. The van der Waals surface area contributed by atoms with Gasteiger partial charge in [-0.2, -0.15) is 0 Å². The van der Waals surface area contributed by atoms with Gasteiger partial charge in [0.05, 0.1) is 0 Å². The van der Waals surface area contributed by atoms with Crippen LogP contribution < -0.4 is 0 Å². The fourth-order valence-electron chi connectivity index (χ4n) is 2.01. The number of hydrogen-bond donors (Lipinski definition) is 1. The smallest absolute Gasteiger partial charge is 0.362 e. The molecule has 0 saturated carbocycles. The van der Waals surface area contributed by atoms with E-state index in [1.54, 1.807) is 0 Å². The van der Waals surface area contributed by atoms with Gasteiger partial charge in [-0.05, 0) is 37.7 Å². The summed E-state index contributed by atoms with van der Waals surface area (Å²) in [5.74, 6) is -0.695. The molecule has 0 radical (unpaired) electrons. The van der Waals surface area contributed by atoms with Gasteiger partial charge in [-0.25, -0.2) is 0 Å². The number of rotatable bonds is 5. The minimum atomic E-state index is -3.42. The number of hydrogen-bond acceptors (Lipinski definition) is 4. The summed E-state index contributed by atoms with van der Waals surface area (Å²) in [6, 6.07) is 0. The molecule has 0 aromatic rings. The Bertz CT molecular complexity index is 354. The van der Waals surface area contributed by atoms with Gasteiger partial charge in [-0.3, -0.25) is 4.57 Å². The molecule has 1 aliphatic carbocycles. The van der Waals surface area contributed by atoms with Crippen molar-refractivity contribution < 1.29 is 18.7 Å². The van der Waals surface area contributed by atoms with E-state index in [0.29, 0.717) is 12.3 Å². The van der Waals surface area contributed by atoms with E-state index in [1.807, 2.05) is 13.0 Å². The van der Waals surface area contributed by atoms with Crippen LogP contribution in [0.5, 0.6) is 0 Å². The van der Waals surface area contributed by atoms with E-state index >= 15 is 0 Å². The van der Waals surface area contributed by atoms with E-state index in [2.05, 4.69) is 6.58 Å². The highest BCUT2D eigenvalue weighted by Crippen LogP contribution is 2.54. The molecule has 0 saturated heterocycles. The average molecular weight is 260 g/mol. The zero-order valence-corrected chi connectivity index (χ0v) is 11.6. The van der Waals surface area contributed by atoms with Crippen LogP contribution in [0.4, 0.5) is 0 Å². The molecule has 0 bridgehead atoms. The predicted molar refractivity (Wildman–Crippen MR) is 67.9 cm³/mol. The van der Waals surface area contributed by atoms with Gasteiger partial charge in [0.15, 0.2) is 5.85 Å². The van der Waals surface area contributed by atoms with Gasteiger partial charge in [-0.15, -0.1) is 0 Å². The zero-order valence-electron chi connectivity index (χ0n) is 10.7. The third-order valence-electron chi connectivity index (χ3n) is 3.28. The minimum Gasteiger partial charge on any atom is -0.376 e. The SMILES string of the molecule is C=C(C)[C@H]1CC=C(C(O)P(=O)(OC)OC)CC1. The summed E-state index contributed by atoms with van der Waals surface area (Å²) in [5, 5.41) is 10.0. The van der Waals surface area contributed by atoms with Gasteiger partial charge in [0, 0.05) is 14.2 Å². The van der Waals surface area contributed by atoms with Crippen LogP contribution in [0.3, 0.4) is 0 Å². The van der Waals surface area contributed by atoms with Crippen molar-refractivity contribution in [2.75, 3.05) is 14.2 Å². The second-order valence-electron chi connectivity index (χ2n) is 4.38. The van der Waals surface area contributed by atoms with E-state index in [1.165, 1.54) is 14.2 Å². The Morgan fingerprint density at radius 1 is 1.59 bits per heavy atom. The molecule has 0 aromatic carbocycles. The minimum absolute atomic E-state index is 0.454. The van der Waals surface area contributed by atoms with E-state index in [4.69, 9.17) is 9.05 Å². The maximum Gasteiger partial charge on any atom is 0.362 e. The lowest BCUT2D eigenvalue weighted by atomic mass is 9.86. The lowest BCUT2D eigenvalue weighted by Gasteiger charge is -2.27. The molecule has 2 atom stereocenters. The molecular weight excluding hydrogens is 239 g/mol. The molecule has 0 aliphatic heterocycles. The second-order valence-corrected chi connectivity index (χ2v) is 6.67. The average Bonchev–Trinajstić information content (AvgIpc) is 2.37. The molecule has 1 N–H and O–H groups in total. The molecule has 0 amide bonds. The molecule has 98 valence electrons. The summed E-state index contributed by atoms with van der Waals surface area (Å²) in [6.45, 7) is 5.94. The largest absolute Gasteiger partial charge is 0.376 e. The summed E-state index contributed by atoms with van der Waals surface area (Å²) in [6.07, 6.45) is 4.38. The molecule has 0 heterocycles. The van der Waals surface area contributed by atoms with Crippen molar-refractivity contribution in [1.29, 1.82) is 0 Å². The maximum absolute atomic E-state index is 12.0. The fourth-order valence-corrected chi connectivity index (χ4v) is 3.20. The summed E-state index contributed by atoms with van der Waals surface area (Å²) < 4.78 is 21.6. The lowest BCUT2D eigenvalue weighted by molar-refractivity contribution is 0.190. The quantitative estimate of drug-likeness (QED) is 0.609. The number of allylic oxidation sites excluding steroid dienone is 2. The Morgan fingerprint density at radius 3 is 2.53 bits per heavy atom. The van der Waals surface area contributed by atoms with Gasteiger partial charge in [-0.1, -0.05) is 18.2 Å². The summed E-state index contributed by atoms with van der Waals surface area (Å²) in [7, 11) is -0.849. The van der Waals surface area contributed by atoms with E-state index < -0.39 is 13.4 Å². The lowest BCUT2D eigenvalue weighted by Crippen LogP contribution is -2.18. The molecule has 5 heteroatoms. The predicted octanol–water partition coefficient (Wildman–Crippen LogP) is 3.09. The van der Waals surface area contributed by atoms with E-state index in [9.17, 15) is 9.67 Å². The molecule has 1 unspecified atom stereocenters. The van der Waals surface area contributed by atoms with Crippen molar-refractivity contribution in [2.45, 2.75) is 32.0 Å². The van der Waals surface area contributed by atoms with Crippen LogP contribution in [0, 0.1) is 5.92 Å². The molecule has 4 nitrogen and oxygen atoms in total. The van der Waals surface area contributed by atoms with Crippen molar-refractivity contribution in [3.63, 3.8) is 0 Å². The topological polar surface area (TPSA) is 55.8 Å². The first kappa shape index (κ1) is 14.7. The monoisotopic (exact) mass is 260 g/mol. The van der Waals surface area contributed by atoms with Crippen LogP contribution in [0.2, 0.25) is 0 Å². The van der Waals surface area contributed by atoms with Crippen LogP contribution in [0.25, 0.3) is 0 Å². The van der Waals surface area contributed by atoms with Crippen LogP contribution in [-0.4, -0.2) is 25.2 Å². The molecule has 17 heavy (non-hydrogen) atoms. The Labute approximate surface area is 103 Å². The molecular formula is C12H21O4P. The standard InChI is InChI=1S/C12H21O4P/c1-9(2)10-5-7-11(8-6-10)12(13)17(14,15-3)16-4/h7,10,12-13H,1,5-6,8H2,2-4H3/t10-,12?/m0/s1. The van der Waals surface area contributed by atoms with Crippen molar-refractivity contribution >= 4 is 7.60 Å². The third kappa shape index (κ3) is 3.29. The zero-order chi connectivity index (χ0) is 13.1. The summed E-state index contributed by atoms with van der Waals surface area (Å²) in [4.78, 5) is 0. The van der Waals surface area contributed by atoms with Crippen LogP contribution in [0.1, 0.15) is 26.2 Å². The number of aliphatic hydroxyl groups is 1. The second kappa shape index (κ2) is 5.96. The molecule has 0 aromatic heterocycles. The Hall–Kier alpha value is -0.410. The summed E-state index contributed by atoms with van der Waals surface area (Å²) >= 11 is 0. The first-order valence-corrected chi connectivity index (χ1v) is 7.29. The first-order valence-electron chi connectivity index (χ1n) is 5.68. The van der Waals surface area contributed by atoms with Crippen molar-refractivity contribution in [3.05, 3.63) is 23.8 Å². The van der Waals surface area contributed by atoms with Crippen LogP contribution >= 0.6 is 7.60 Å². The van der Waals surface area contributed by atoms with E-state index in [-0.39, 0.29) is 0 Å². The van der Waals surface area contributed by atoms with Crippen molar-refractivity contribution in [1.82, 2.24) is 0 Å². The molecule has 1 aliphatic rings. The Balaban J connectivity index is 2.76. The highest BCUT2D eigenvalue weighted by atomic mass is 31.2. The Kier molecular flexibility index (Phi) is 5.14. The molecule has 0 fully saturated rings. The normalized spacial score (nSPS) is 23.1. The highest BCUT2D eigenvalue weighted by molar-refractivity contribution is 7.54. The van der Waals surface area contributed by atoms with Gasteiger partial charge in [0.2, 0.25) is 0 Å². The summed E-state index contributed by atoms with van der Waals surface area (Å²) in [5.41, 5.74) is 1.89.